The van der Waals surface area contributed by atoms with Crippen LogP contribution in [0.1, 0.15) is 73.1 Å². The molecule has 0 saturated carbocycles. The molecule has 14 nitrogen and oxygen atoms in total. The number of nitrogens with zero attached hydrogens (tertiary/aromatic N) is 4. The van der Waals surface area contributed by atoms with Crippen LogP contribution in [0.4, 0.5) is 11.6 Å². The van der Waals surface area contributed by atoms with Crippen molar-refractivity contribution in [2.24, 2.45) is 4.99 Å². The number of rotatable bonds is 2. The second-order valence-electron chi connectivity index (χ2n) is 16.6. The number of hydrogen-bond acceptors (Lipinski definition) is 16. The summed E-state index contributed by atoms with van der Waals surface area (Å²) >= 11 is 0. The topological polar surface area (TPSA) is 212 Å². The molecule has 6 N–H and O–H groups in total. The number of aromatic hydroxyl groups is 1. The number of carbonyl (C=O) groups excluding carboxylic acids is 1. The minimum absolute atomic E-state index is 0.0339. The Labute approximate surface area is 347 Å². The van der Waals surface area contributed by atoms with Gasteiger partial charge in [-0.1, -0.05) is 21.6 Å². The lowest BCUT2D eigenvalue weighted by atomic mass is 9.76. The van der Waals surface area contributed by atoms with Crippen LogP contribution in [0.2, 0.25) is 0 Å². The van der Waals surface area contributed by atoms with Crippen LogP contribution in [0, 0.1) is 6.92 Å². The summed E-state index contributed by atoms with van der Waals surface area (Å²) in [6, 6.07) is 8.87. The third-order valence-electron chi connectivity index (χ3n) is 12.5. The number of aliphatic imine (C=N–C) groups is 1. The molecule has 6 unspecified atom stereocenters. The van der Waals surface area contributed by atoms with E-state index in [1.165, 1.54) is 11.6 Å². The molecule has 0 radical (unpaired) electrons. The van der Waals surface area contributed by atoms with Crippen LogP contribution in [0.15, 0.2) is 68.1 Å². The van der Waals surface area contributed by atoms with Gasteiger partial charge >= 0.3 is 5.97 Å². The fourth-order valence-corrected chi connectivity index (χ4v) is 11.8. The number of anilines is 2. The minimum Gasteiger partial charge on any atom is -0.507 e. The number of nitrogen functional groups attached to an aromatic ring is 2. The fourth-order valence-electron chi connectivity index (χ4n) is 9.51. The molecule has 6 aliphatic rings. The number of hydrogen-bond donors (Lipinski definition) is 4. The lowest BCUT2D eigenvalue weighted by Crippen LogP contribution is -2.54. The number of pyridine rings is 2. The summed E-state index contributed by atoms with van der Waals surface area (Å²) in [5, 5.41) is 23.3. The van der Waals surface area contributed by atoms with Crippen molar-refractivity contribution in [1.82, 2.24) is 14.9 Å². The molecule has 9 heterocycles. The van der Waals surface area contributed by atoms with Crippen LogP contribution < -0.4 is 21.6 Å². The Morgan fingerprint density at radius 3 is 2.78 bits per heavy atom. The van der Waals surface area contributed by atoms with Gasteiger partial charge in [0.1, 0.15) is 51.6 Å². The Kier molecular flexibility index (Phi) is 9.27. The fraction of sp³-hybridized carbons (Fsp3) is 0.419. The second kappa shape index (κ2) is 14.3. The zero-order chi connectivity index (χ0) is 40.8. The molecular formula is C43H44N6O8S2. The van der Waals surface area contributed by atoms with Crippen LogP contribution in [0.3, 0.4) is 0 Å². The zero-order valence-corrected chi connectivity index (χ0v) is 34.2. The number of carbonyl (C=O) groups is 1. The van der Waals surface area contributed by atoms with Crippen molar-refractivity contribution in [3.8, 4) is 22.8 Å². The summed E-state index contributed by atoms with van der Waals surface area (Å²) < 4.78 is 25.5. The van der Waals surface area contributed by atoms with Crippen LogP contribution in [-0.4, -0.2) is 79.1 Å². The average molecular weight is 837 g/mol. The van der Waals surface area contributed by atoms with E-state index in [2.05, 4.69) is 16.0 Å². The van der Waals surface area contributed by atoms with Gasteiger partial charge < -0.3 is 45.2 Å². The molecule has 4 bridgehead atoms. The highest BCUT2D eigenvalue weighted by atomic mass is 33.1. The molecule has 16 heteroatoms. The monoisotopic (exact) mass is 836 g/mol. The maximum absolute atomic E-state index is 14.5. The number of aliphatic hydroxyl groups is 1. The summed E-state index contributed by atoms with van der Waals surface area (Å²) in [7, 11) is 3.25. The third-order valence-corrected chi connectivity index (χ3v) is 14.8. The van der Waals surface area contributed by atoms with Crippen molar-refractivity contribution in [2.75, 3.05) is 23.8 Å². The van der Waals surface area contributed by atoms with Gasteiger partial charge in [-0.2, -0.15) is 0 Å². The summed E-state index contributed by atoms with van der Waals surface area (Å²) in [4.78, 5) is 43.9. The van der Waals surface area contributed by atoms with Crippen LogP contribution in [0.5, 0.6) is 11.5 Å². The summed E-state index contributed by atoms with van der Waals surface area (Å²) in [6.45, 7) is 4.86. The van der Waals surface area contributed by atoms with Crippen LogP contribution in [0.25, 0.3) is 22.2 Å². The Morgan fingerprint density at radius 1 is 1.07 bits per heavy atom. The number of aromatic nitrogens is 2. The maximum Gasteiger partial charge on any atom is 0.341 e. The third kappa shape index (κ3) is 6.73. The summed E-state index contributed by atoms with van der Waals surface area (Å²) in [5.74, 6) is 1.19. The lowest BCUT2D eigenvalue weighted by Gasteiger charge is -2.46. The smallest absolute Gasteiger partial charge is 0.341 e. The average Bonchev–Trinajstić information content (AvgIpc) is 3.44. The number of nitrogens with two attached hydrogens (primary N) is 2. The second-order valence-corrected chi connectivity index (χ2v) is 19.2. The van der Waals surface area contributed by atoms with Gasteiger partial charge in [0.25, 0.3) is 0 Å². The number of esters is 1. The molecule has 1 spiro atoms. The highest BCUT2D eigenvalue weighted by molar-refractivity contribution is 8.76. The van der Waals surface area contributed by atoms with E-state index in [9.17, 15) is 19.8 Å². The number of phenols is 1. The number of fused-ring (bicyclic) bond motifs is 9. The normalized spacial score (nSPS) is 28.7. The first-order valence-electron chi connectivity index (χ1n) is 19.9. The van der Waals surface area contributed by atoms with Gasteiger partial charge in [-0.25, -0.2) is 14.8 Å². The Morgan fingerprint density at radius 2 is 1.93 bits per heavy atom. The Hall–Kier alpha value is -5.03. The van der Waals surface area contributed by atoms with E-state index in [-0.39, 0.29) is 28.6 Å². The largest absolute Gasteiger partial charge is 0.507 e. The standard InChI is InChI=1S/C43H44N6O8S2/c1-21-11-31(51)37-32(54-21)15-33-36(38(37)52)26-5-4-25(50)16-43-34(57-43)6-3-22-12-29(48-35(44)13-22)27-14-24(18-49-17-23-7-9-46-30(23)19-49)47-40(45)28(27)20-59-58-10-8-42(2,56-33)39(26)55-41(43)53/h7,9,11-15,19,25-26,34,39,50,52H,3-6,8,10,16-18,20H2,1-2H3,(H2,44,48)(H2,45,47). The predicted octanol–water partition coefficient (Wildman–Crippen LogP) is 5.84. The molecule has 59 heavy (non-hydrogen) atoms. The highest BCUT2D eigenvalue weighted by Gasteiger charge is 2.66. The molecule has 2 fully saturated rings. The van der Waals surface area contributed by atoms with Gasteiger partial charge in [-0.15, -0.1) is 0 Å². The zero-order valence-electron chi connectivity index (χ0n) is 32.6. The molecule has 0 aliphatic carbocycles. The predicted molar refractivity (Wildman–Crippen MR) is 226 cm³/mol. The first-order valence-corrected chi connectivity index (χ1v) is 22.4. The maximum atomic E-state index is 14.5. The van der Waals surface area contributed by atoms with Gasteiger partial charge in [0, 0.05) is 83.6 Å². The summed E-state index contributed by atoms with van der Waals surface area (Å²) in [6.07, 6.45) is 5.73. The van der Waals surface area contributed by atoms with Gasteiger partial charge in [0.2, 0.25) is 0 Å². The van der Waals surface area contributed by atoms with Crippen molar-refractivity contribution in [3.63, 3.8) is 0 Å². The van der Waals surface area contributed by atoms with E-state index in [1.807, 2.05) is 37.5 Å². The molecule has 6 atom stereocenters. The van der Waals surface area contributed by atoms with Crippen LogP contribution in [-0.2, 0) is 33.0 Å². The first kappa shape index (κ1) is 38.2. The van der Waals surface area contributed by atoms with E-state index in [1.54, 1.807) is 34.6 Å². The SMILES string of the molecule is Cc1cc(=O)c2c(O)c3c(cc2o1)OC1(C)CCSSCc2c(cc(CN4C=C5N=CC=C5C4)nc2N)-c2cc(cc(N)n2)CCC2OC24CC(O)CCC3C1OC4=O. The molecule has 306 valence electrons. The van der Waals surface area contributed by atoms with E-state index in [4.69, 9.17) is 40.1 Å². The van der Waals surface area contributed by atoms with E-state index in [0.29, 0.717) is 84.6 Å². The van der Waals surface area contributed by atoms with E-state index < -0.39 is 41.4 Å². The number of allylic oxidation sites excluding steroid dienone is 1. The number of benzene rings is 1. The Balaban J connectivity index is 1.02. The minimum atomic E-state index is -1.36. The van der Waals surface area contributed by atoms with Gasteiger partial charge in [-0.05, 0) is 69.4 Å². The number of phenolic OH excluding ortho intramolecular Hbond substituents is 1. The molecule has 3 aromatic heterocycles. The summed E-state index contributed by atoms with van der Waals surface area (Å²) in [5.41, 5.74) is 17.2. The lowest BCUT2D eigenvalue weighted by molar-refractivity contribution is -0.173. The van der Waals surface area contributed by atoms with Crippen LogP contribution >= 0.6 is 21.6 Å². The van der Waals surface area contributed by atoms with E-state index >= 15 is 0 Å². The molecular weight excluding hydrogens is 793 g/mol. The molecule has 4 aromatic rings. The molecule has 10 rings (SSSR count). The molecule has 2 saturated heterocycles. The van der Waals surface area contributed by atoms with Crippen molar-refractivity contribution in [3.05, 3.63) is 92.2 Å². The highest BCUT2D eigenvalue weighted by Crippen LogP contribution is 2.55. The van der Waals surface area contributed by atoms with Crippen molar-refractivity contribution >= 4 is 56.4 Å². The van der Waals surface area contributed by atoms with Gasteiger partial charge in [0.15, 0.2) is 11.0 Å². The number of epoxide rings is 1. The number of aliphatic hydroxyl groups excluding tert-OH is 1. The number of ether oxygens (including phenoxy) is 3. The van der Waals surface area contributed by atoms with E-state index in [0.717, 1.165) is 34.6 Å². The Bertz CT molecular complexity index is 2600. The van der Waals surface area contributed by atoms with Crippen molar-refractivity contribution in [2.45, 2.75) is 100 Å². The quantitative estimate of drug-likeness (QED) is 0.106. The van der Waals surface area contributed by atoms with Gasteiger partial charge in [-0.3, -0.25) is 9.79 Å². The number of aryl methyl sites for hydroxylation is 2. The van der Waals surface area contributed by atoms with Crippen molar-refractivity contribution in [1.29, 1.82) is 0 Å². The molecule has 1 aromatic carbocycles. The molecule has 0 amide bonds. The molecule has 6 aliphatic heterocycles. The van der Waals surface area contributed by atoms with Crippen molar-refractivity contribution < 1.29 is 33.6 Å². The van der Waals surface area contributed by atoms with Gasteiger partial charge in [0.05, 0.1) is 35.8 Å². The first-order chi connectivity index (χ1) is 28.4.